The van der Waals surface area contributed by atoms with E-state index in [1.807, 2.05) is 0 Å². The third kappa shape index (κ3) is 12.4. The highest BCUT2D eigenvalue weighted by molar-refractivity contribution is 9.09. The number of hydrogen-bond acceptors (Lipinski definition) is 3. The van der Waals surface area contributed by atoms with Crippen molar-refractivity contribution in [2.45, 2.75) is 12.6 Å². The highest BCUT2D eigenvalue weighted by Gasteiger charge is 2.30. The molecule has 0 atom stereocenters. The first-order valence-electron chi connectivity index (χ1n) is 5.41. The van der Waals surface area contributed by atoms with Gasteiger partial charge in [0.25, 0.3) is 0 Å². The molecule has 0 unspecified atom stereocenters. The fourth-order valence-electron chi connectivity index (χ4n) is 1.28. The number of ether oxygens (including phenoxy) is 2. The van der Waals surface area contributed by atoms with Gasteiger partial charge >= 0.3 is 6.18 Å². The molecule has 0 aliphatic heterocycles. The van der Waals surface area contributed by atoms with E-state index in [4.69, 9.17) is 9.47 Å². The molecule has 7 heteroatoms. The van der Waals surface area contributed by atoms with Crippen LogP contribution in [-0.4, -0.2) is 63.0 Å². The molecule has 0 amide bonds. The third-order valence-corrected chi connectivity index (χ3v) is 2.35. The SMILES string of the molecule is COCCOCCCN(CCBr)CC(F)(F)F. The van der Waals surface area contributed by atoms with Crippen molar-refractivity contribution in [3.05, 3.63) is 0 Å². The molecule has 104 valence electrons. The quantitative estimate of drug-likeness (QED) is 0.455. The first-order valence-corrected chi connectivity index (χ1v) is 6.53. The summed E-state index contributed by atoms with van der Waals surface area (Å²) in [6, 6.07) is 0. The van der Waals surface area contributed by atoms with Gasteiger partial charge in [-0.05, 0) is 6.42 Å². The number of halogens is 4. The predicted octanol–water partition coefficient (Wildman–Crippen LogP) is 2.30. The molecule has 0 aliphatic carbocycles. The van der Waals surface area contributed by atoms with E-state index in [0.717, 1.165) is 0 Å². The summed E-state index contributed by atoms with van der Waals surface area (Å²) < 4.78 is 46.6. The Labute approximate surface area is 108 Å². The average Bonchev–Trinajstić information content (AvgIpc) is 2.21. The summed E-state index contributed by atoms with van der Waals surface area (Å²) in [5.74, 6) is 0. The zero-order chi connectivity index (χ0) is 13.1. The van der Waals surface area contributed by atoms with Crippen LogP contribution in [0, 0.1) is 0 Å². The predicted molar refractivity (Wildman–Crippen MR) is 63.6 cm³/mol. The van der Waals surface area contributed by atoms with Gasteiger partial charge in [-0.1, -0.05) is 15.9 Å². The Hall–Kier alpha value is 0.150. The van der Waals surface area contributed by atoms with Gasteiger partial charge in [-0.3, -0.25) is 4.90 Å². The van der Waals surface area contributed by atoms with E-state index in [9.17, 15) is 13.2 Å². The molecular formula is C10H19BrF3NO2. The van der Waals surface area contributed by atoms with Crippen LogP contribution < -0.4 is 0 Å². The summed E-state index contributed by atoms with van der Waals surface area (Å²) in [5.41, 5.74) is 0. The summed E-state index contributed by atoms with van der Waals surface area (Å²) in [7, 11) is 1.57. The second-order valence-corrected chi connectivity index (χ2v) is 4.33. The molecule has 0 bridgehead atoms. The summed E-state index contributed by atoms with van der Waals surface area (Å²) in [5, 5.41) is 0.535. The van der Waals surface area contributed by atoms with Crippen LogP contribution in [0.4, 0.5) is 13.2 Å². The molecule has 0 fully saturated rings. The Kier molecular flexibility index (Phi) is 10.2. The molecule has 0 saturated carbocycles. The third-order valence-electron chi connectivity index (χ3n) is 2.00. The van der Waals surface area contributed by atoms with Gasteiger partial charge in [0.05, 0.1) is 19.8 Å². The monoisotopic (exact) mass is 321 g/mol. The van der Waals surface area contributed by atoms with Gasteiger partial charge < -0.3 is 9.47 Å². The Morgan fingerprint density at radius 2 is 1.82 bits per heavy atom. The van der Waals surface area contributed by atoms with Crippen molar-refractivity contribution in [3.8, 4) is 0 Å². The first-order chi connectivity index (χ1) is 7.99. The number of nitrogens with zero attached hydrogens (tertiary/aromatic N) is 1. The van der Waals surface area contributed by atoms with Gasteiger partial charge in [0.2, 0.25) is 0 Å². The van der Waals surface area contributed by atoms with Gasteiger partial charge in [-0.15, -0.1) is 0 Å². The topological polar surface area (TPSA) is 21.7 Å². The number of rotatable bonds is 10. The first kappa shape index (κ1) is 17.2. The molecule has 0 aliphatic rings. The molecule has 0 rings (SSSR count). The lowest BCUT2D eigenvalue weighted by Gasteiger charge is -2.22. The number of methoxy groups -OCH3 is 1. The number of hydrogen-bond donors (Lipinski definition) is 0. The zero-order valence-electron chi connectivity index (χ0n) is 9.93. The summed E-state index contributed by atoms with van der Waals surface area (Å²) in [6.07, 6.45) is -3.55. The average molecular weight is 322 g/mol. The Morgan fingerprint density at radius 3 is 2.35 bits per heavy atom. The van der Waals surface area contributed by atoms with Crippen LogP contribution in [0.1, 0.15) is 6.42 Å². The fraction of sp³-hybridized carbons (Fsp3) is 1.00. The van der Waals surface area contributed by atoms with Crippen LogP contribution in [0.2, 0.25) is 0 Å². The maximum absolute atomic E-state index is 12.2. The molecule has 0 radical (unpaired) electrons. The Balaban J connectivity index is 3.63. The molecular weight excluding hydrogens is 303 g/mol. The van der Waals surface area contributed by atoms with Gasteiger partial charge in [0, 0.05) is 32.1 Å². The summed E-state index contributed by atoms with van der Waals surface area (Å²) in [6.45, 7) is 1.36. The second-order valence-electron chi connectivity index (χ2n) is 3.54. The van der Waals surface area contributed by atoms with E-state index < -0.39 is 12.7 Å². The highest BCUT2D eigenvalue weighted by atomic mass is 79.9. The van der Waals surface area contributed by atoms with Crippen LogP contribution in [0.3, 0.4) is 0 Å². The lowest BCUT2D eigenvalue weighted by atomic mass is 10.4. The van der Waals surface area contributed by atoms with E-state index in [1.54, 1.807) is 7.11 Å². The van der Waals surface area contributed by atoms with Crippen molar-refractivity contribution < 1.29 is 22.6 Å². The zero-order valence-corrected chi connectivity index (χ0v) is 11.5. The standard InChI is InChI=1S/C10H19BrF3NO2/c1-16-7-8-17-6-2-4-15(5-3-11)9-10(12,13)14/h2-9H2,1H3. The number of alkyl halides is 4. The molecule has 0 N–H and O–H groups in total. The van der Waals surface area contributed by atoms with Crippen LogP contribution >= 0.6 is 15.9 Å². The second kappa shape index (κ2) is 10.1. The van der Waals surface area contributed by atoms with Gasteiger partial charge in [0.1, 0.15) is 0 Å². The molecule has 0 saturated heterocycles. The largest absolute Gasteiger partial charge is 0.401 e. The van der Waals surface area contributed by atoms with Crippen LogP contribution in [-0.2, 0) is 9.47 Å². The van der Waals surface area contributed by atoms with Crippen LogP contribution in [0.5, 0.6) is 0 Å². The summed E-state index contributed by atoms with van der Waals surface area (Å²) >= 11 is 3.14. The van der Waals surface area contributed by atoms with E-state index in [2.05, 4.69) is 15.9 Å². The van der Waals surface area contributed by atoms with Crippen molar-refractivity contribution in [3.63, 3.8) is 0 Å². The smallest absolute Gasteiger partial charge is 0.382 e. The Morgan fingerprint density at radius 1 is 1.12 bits per heavy atom. The minimum Gasteiger partial charge on any atom is -0.382 e. The normalized spacial score (nSPS) is 12.4. The van der Waals surface area contributed by atoms with Crippen molar-refractivity contribution in [1.29, 1.82) is 0 Å². The molecule has 0 aromatic rings. The van der Waals surface area contributed by atoms with Gasteiger partial charge in [-0.2, -0.15) is 13.2 Å². The van der Waals surface area contributed by atoms with E-state index in [1.165, 1.54) is 4.90 Å². The molecule has 17 heavy (non-hydrogen) atoms. The highest BCUT2D eigenvalue weighted by Crippen LogP contribution is 2.16. The minimum atomic E-state index is -4.14. The Bertz CT molecular complexity index is 181. The lowest BCUT2D eigenvalue weighted by Crippen LogP contribution is -2.36. The van der Waals surface area contributed by atoms with Gasteiger partial charge in [-0.25, -0.2) is 0 Å². The van der Waals surface area contributed by atoms with E-state index >= 15 is 0 Å². The van der Waals surface area contributed by atoms with Gasteiger partial charge in [0.15, 0.2) is 0 Å². The van der Waals surface area contributed by atoms with Crippen molar-refractivity contribution >= 4 is 15.9 Å². The van der Waals surface area contributed by atoms with Crippen molar-refractivity contribution in [1.82, 2.24) is 4.90 Å². The molecule has 0 aromatic heterocycles. The van der Waals surface area contributed by atoms with E-state index in [-0.39, 0.29) is 0 Å². The van der Waals surface area contributed by atoms with Crippen molar-refractivity contribution in [2.75, 3.05) is 51.9 Å². The minimum absolute atomic E-state index is 0.386. The maximum Gasteiger partial charge on any atom is 0.401 e. The molecule has 3 nitrogen and oxygen atoms in total. The van der Waals surface area contributed by atoms with Crippen LogP contribution in [0.15, 0.2) is 0 Å². The fourth-order valence-corrected chi connectivity index (χ4v) is 1.78. The van der Waals surface area contributed by atoms with Crippen molar-refractivity contribution in [2.24, 2.45) is 0 Å². The van der Waals surface area contributed by atoms with E-state index in [0.29, 0.717) is 44.7 Å². The molecule has 0 spiro atoms. The molecule has 0 aromatic carbocycles. The maximum atomic E-state index is 12.2. The molecule has 0 heterocycles. The summed E-state index contributed by atoms with van der Waals surface area (Å²) in [4.78, 5) is 1.37. The van der Waals surface area contributed by atoms with Crippen LogP contribution in [0.25, 0.3) is 0 Å². The lowest BCUT2D eigenvalue weighted by molar-refractivity contribution is -0.145.